The van der Waals surface area contributed by atoms with Crippen molar-refractivity contribution in [3.63, 3.8) is 0 Å². The molecule has 0 amide bonds. The summed E-state index contributed by atoms with van der Waals surface area (Å²) in [6.45, 7) is 1.36. The van der Waals surface area contributed by atoms with Gasteiger partial charge in [0, 0.05) is 0 Å². The lowest BCUT2D eigenvalue weighted by Gasteiger charge is -1.99. The highest BCUT2D eigenvalue weighted by Crippen LogP contribution is 1.72. The van der Waals surface area contributed by atoms with Crippen molar-refractivity contribution < 1.29 is 9.84 Å². The van der Waals surface area contributed by atoms with Crippen molar-refractivity contribution in [2.24, 2.45) is 5.73 Å². The maximum Gasteiger partial charge on any atom is 0.145 e. The molecule has 0 radical (unpaired) electrons. The molecule has 38 valence electrons. The smallest absolute Gasteiger partial charge is 0.145 e. The minimum atomic E-state index is -0.352. The first kappa shape index (κ1) is 5.88. The van der Waals surface area contributed by atoms with E-state index in [1.807, 2.05) is 0 Å². The van der Waals surface area contributed by atoms with Crippen molar-refractivity contribution >= 4 is 0 Å². The minimum absolute atomic E-state index is 0.294. The Kier molecular flexibility index (Phi) is 3.02. The van der Waals surface area contributed by atoms with Crippen molar-refractivity contribution in [3.05, 3.63) is 0 Å². The molecule has 0 saturated heterocycles. The van der Waals surface area contributed by atoms with E-state index < -0.39 is 0 Å². The van der Waals surface area contributed by atoms with Crippen molar-refractivity contribution in [1.29, 1.82) is 0 Å². The lowest BCUT2D eigenvalue weighted by atomic mass is 10.7. The average Bonchev–Trinajstić information content (AvgIpc) is 1.35. The first-order valence-electron chi connectivity index (χ1n) is 1.75. The fourth-order valence-corrected chi connectivity index (χ4v) is 0.118. The Morgan fingerprint density at radius 2 is 2.50 bits per heavy atom. The van der Waals surface area contributed by atoms with E-state index in [9.17, 15) is 0 Å². The van der Waals surface area contributed by atoms with Crippen molar-refractivity contribution in [2.75, 3.05) is 6.79 Å². The number of rotatable bonds is 2. The van der Waals surface area contributed by atoms with Crippen molar-refractivity contribution in [3.8, 4) is 0 Å². The SMILES string of the molecule is C[C@H](N)OCO. The third-order valence-corrected chi connectivity index (χ3v) is 0.337. The number of aliphatic hydroxyl groups excluding tert-OH is 1. The molecule has 0 bridgehead atoms. The molecular formula is C3H9NO2. The Morgan fingerprint density at radius 3 is 2.50 bits per heavy atom. The molecular weight excluding hydrogens is 82.0 g/mol. The molecule has 0 aliphatic rings. The maximum absolute atomic E-state index is 7.93. The molecule has 1 atom stereocenters. The molecule has 0 aliphatic heterocycles. The number of nitrogens with two attached hydrogens (primary N) is 1. The molecule has 0 aromatic rings. The maximum atomic E-state index is 7.93. The van der Waals surface area contributed by atoms with Gasteiger partial charge in [-0.1, -0.05) is 0 Å². The number of hydrogen-bond acceptors (Lipinski definition) is 3. The van der Waals surface area contributed by atoms with E-state index in [4.69, 9.17) is 10.8 Å². The zero-order chi connectivity index (χ0) is 4.99. The van der Waals surface area contributed by atoms with E-state index in [0.717, 1.165) is 0 Å². The van der Waals surface area contributed by atoms with Crippen LogP contribution < -0.4 is 5.73 Å². The highest BCUT2D eigenvalue weighted by atomic mass is 16.6. The van der Waals surface area contributed by atoms with Crippen LogP contribution in [-0.2, 0) is 4.74 Å². The topological polar surface area (TPSA) is 55.5 Å². The van der Waals surface area contributed by atoms with Gasteiger partial charge < -0.3 is 15.6 Å². The van der Waals surface area contributed by atoms with E-state index in [1.165, 1.54) is 0 Å². The van der Waals surface area contributed by atoms with Gasteiger partial charge in [0.25, 0.3) is 0 Å². The molecule has 3 heteroatoms. The molecule has 0 rings (SSSR count). The molecule has 0 aromatic carbocycles. The van der Waals surface area contributed by atoms with Crippen LogP contribution in [-0.4, -0.2) is 18.1 Å². The Bertz CT molecular complexity index is 30.0. The highest BCUT2D eigenvalue weighted by Gasteiger charge is 1.84. The van der Waals surface area contributed by atoms with Crippen LogP contribution in [0.3, 0.4) is 0 Å². The monoisotopic (exact) mass is 91.1 g/mol. The molecule has 0 unspecified atom stereocenters. The Balaban J connectivity index is 2.63. The molecule has 0 aliphatic carbocycles. The summed E-state index contributed by atoms with van der Waals surface area (Å²) in [5.41, 5.74) is 5.02. The first-order chi connectivity index (χ1) is 2.77. The lowest BCUT2D eigenvalue weighted by molar-refractivity contribution is -0.0394. The lowest BCUT2D eigenvalue weighted by Crippen LogP contribution is -2.19. The summed E-state index contributed by atoms with van der Waals surface area (Å²) in [6, 6.07) is 0. The highest BCUT2D eigenvalue weighted by molar-refractivity contribution is 4.24. The summed E-state index contributed by atoms with van der Waals surface area (Å²) < 4.78 is 4.38. The average molecular weight is 91.1 g/mol. The van der Waals surface area contributed by atoms with Gasteiger partial charge >= 0.3 is 0 Å². The standard InChI is InChI=1S/C3H9NO2/c1-3(4)6-2-5/h3,5H,2,4H2,1H3/t3-/m1/s1. The van der Waals surface area contributed by atoms with Crippen LogP contribution >= 0.6 is 0 Å². The second-order valence-corrected chi connectivity index (χ2v) is 1.00. The number of aliphatic hydroxyl groups is 1. The van der Waals surface area contributed by atoms with Gasteiger partial charge in [0.1, 0.15) is 13.0 Å². The normalized spacial score (nSPS) is 14.5. The van der Waals surface area contributed by atoms with Crippen LogP contribution in [0.1, 0.15) is 6.92 Å². The van der Waals surface area contributed by atoms with E-state index >= 15 is 0 Å². The van der Waals surface area contributed by atoms with Crippen LogP contribution in [0.15, 0.2) is 0 Å². The molecule has 0 aromatic heterocycles. The van der Waals surface area contributed by atoms with Gasteiger partial charge in [-0.2, -0.15) is 0 Å². The third kappa shape index (κ3) is 3.88. The van der Waals surface area contributed by atoms with Crippen molar-refractivity contribution in [2.45, 2.75) is 13.2 Å². The van der Waals surface area contributed by atoms with Gasteiger partial charge in [-0.05, 0) is 6.92 Å². The van der Waals surface area contributed by atoms with Gasteiger partial charge in [-0.15, -0.1) is 0 Å². The Labute approximate surface area is 36.7 Å². The van der Waals surface area contributed by atoms with Crippen LogP contribution in [0.5, 0.6) is 0 Å². The second kappa shape index (κ2) is 3.08. The summed E-state index contributed by atoms with van der Waals surface area (Å²) in [5, 5.41) is 7.93. The predicted molar refractivity (Wildman–Crippen MR) is 21.8 cm³/mol. The van der Waals surface area contributed by atoms with Gasteiger partial charge in [0.2, 0.25) is 0 Å². The van der Waals surface area contributed by atoms with E-state index in [1.54, 1.807) is 6.92 Å². The number of ether oxygens (including phenoxy) is 1. The van der Waals surface area contributed by atoms with Crippen LogP contribution in [0.2, 0.25) is 0 Å². The quantitative estimate of drug-likeness (QED) is 0.440. The zero-order valence-corrected chi connectivity index (χ0v) is 3.72. The summed E-state index contributed by atoms with van der Waals surface area (Å²) in [5.74, 6) is 0. The van der Waals surface area contributed by atoms with Crippen LogP contribution in [0, 0.1) is 0 Å². The summed E-state index contributed by atoms with van der Waals surface area (Å²) in [6.07, 6.45) is -0.352. The van der Waals surface area contributed by atoms with Crippen LogP contribution in [0.4, 0.5) is 0 Å². The predicted octanol–water partition coefficient (Wildman–Crippen LogP) is -0.743. The van der Waals surface area contributed by atoms with Crippen LogP contribution in [0.25, 0.3) is 0 Å². The van der Waals surface area contributed by atoms with Gasteiger partial charge in [0.05, 0.1) is 0 Å². The van der Waals surface area contributed by atoms with E-state index in [0.29, 0.717) is 0 Å². The first-order valence-corrected chi connectivity index (χ1v) is 1.75. The molecule has 6 heavy (non-hydrogen) atoms. The number of hydrogen-bond donors (Lipinski definition) is 2. The molecule has 0 fully saturated rings. The van der Waals surface area contributed by atoms with Gasteiger partial charge in [-0.3, -0.25) is 0 Å². The molecule has 3 nitrogen and oxygen atoms in total. The molecule has 0 heterocycles. The van der Waals surface area contributed by atoms with Gasteiger partial charge in [0.15, 0.2) is 0 Å². The summed E-state index contributed by atoms with van der Waals surface area (Å²) in [7, 11) is 0. The Morgan fingerprint density at radius 1 is 2.00 bits per heavy atom. The van der Waals surface area contributed by atoms with Crippen molar-refractivity contribution in [1.82, 2.24) is 0 Å². The fourth-order valence-electron chi connectivity index (χ4n) is 0.118. The van der Waals surface area contributed by atoms with E-state index in [-0.39, 0.29) is 13.0 Å². The fraction of sp³-hybridized carbons (Fsp3) is 1.00. The summed E-state index contributed by atoms with van der Waals surface area (Å²) in [4.78, 5) is 0. The Hall–Kier alpha value is -0.120. The second-order valence-electron chi connectivity index (χ2n) is 1.00. The van der Waals surface area contributed by atoms with E-state index in [2.05, 4.69) is 4.74 Å². The summed E-state index contributed by atoms with van der Waals surface area (Å²) >= 11 is 0. The third-order valence-electron chi connectivity index (χ3n) is 0.337. The largest absolute Gasteiger partial charge is 0.371 e. The molecule has 3 N–H and O–H groups in total. The molecule has 0 saturated carbocycles. The van der Waals surface area contributed by atoms with Gasteiger partial charge in [-0.25, -0.2) is 0 Å². The minimum Gasteiger partial charge on any atom is -0.371 e. The molecule has 0 spiro atoms. The zero-order valence-electron chi connectivity index (χ0n) is 3.72.